The smallest absolute Gasteiger partial charge is 0.270 e. The molecule has 0 radical (unpaired) electrons. The first-order chi connectivity index (χ1) is 11.4. The van der Waals surface area contributed by atoms with Crippen LogP contribution >= 0.6 is 23.2 Å². The summed E-state index contributed by atoms with van der Waals surface area (Å²) < 4.78 is 0. The Hall–Kier alpha value is -2.64. The number of benzene rings is 2. The van der Waals surface area contributed by atoms with Crippen molar-refractivity contribution in [3.8, 4) is 5.75 Å². The van der Waals surface area contributed by atoms with Crippen molar-refractivity contribution in [1.82, 2.24) is 0 Å². The number of rotatable bonds is 5. The van der Waals surface area contributed by atoms with Crippen molar-refractivity contribution in [3.63, 3.8) is 0 Å². The van der Waals surface area contributed by atoms with Crippen LogP contribution in [0.3, 0.4) is 0 Å². The van der Waals surface area contributed by atoms with Crippen molar-refractivity contribution in [2.24, 2.45) is 4.99 Å². The number of carbonyl (C=O) groups is 1. The molecule has 0 saturated heterocycles. The fraction of sp³-hybridized carbons (Fsp3) is 0.0667. The van der Waals surface area contributed by atoms with Crippen LogP contribution in [0.4, 0.5) is 11.4 Å². The number of aromatic hydroxyl groups is 1. The Morgan fingerprint density at radius 3 is 2.75 bits per heavy atom. The van der Waals surface area contributed by atoms with Crippen LogP contribution in [-0.2, 0) is 4.79 Å². The number of hydrogen-bond acceptors (Lipinski definition) is 5. The van der Waals surface area contributed by atoms with E-state index < -0.39 is 10.8 Å². The summed E-state index contributed by atoms with van der Waals surface area (Å²) >= 11 is 11.7. The summed E-state index contributed by atoms with van der Waals surface area (Å²) in [7, 11) is 0. The highest BCUT2D eigenvalue weighted by molar-refractivity contribution is 6.35. The van der Waals surface area contributed by atoms with Crippen molar-refractivity contribution in [2.75, 3.05) is 11.9 Å². The topological polar surface area (TPSA) is 105 Å². The van der Waals surface area contributed by atoms with E-state index in [9.17, 15) is 20.0 Å². The molecule has 7 nitrogen and oxygen atoms in total. The number of nitro benzene ring substituents is 1. The first kappa shape index (κ1) is 17.7. The monoisotopic (exact) mass is 367 g/mol. The van der Waals surface area contributed by atoms with Gasteiger partial charge in [0.1, 0.15) is 12.3 Å². The van der Waals surface area contributed by atoms with Crippen molar-refractivity contribution >= 4 is 46.7 Å². The summed E-state index contributed by atoms with van der Waals surface area (Å²) in [5.41, 5.74) is 0.296. The fourth-order valence-electron chi connectivity index (χ4n) is 1.77. The van der Waals surface area contributed by atoms with Crippen LogP contribution < -0.4 is 5.32 Å². The van der Waals surface area contributed by atoms with Gasteiger partial charge in [0.25, 0.3) is 5.69 Å². The molecule has 0 aliphatic rings. The number of nitrogens with one attached hydrogen (secondary N) is 1. The van der Waals surface area contributed by atoms with E-state index in [0.717, 1.165) is 6.07 Å². The third kappa shape index (κ3) is 4.68. The number of nitrogens with zero attached hydrogens (tertiary/aromatic N) is 2. The number of carbonyl (C=O) groups excluding carboxylic acids is 1. The summed E-state index contributed by atoms with van der Waals surface area (Å²) in [6, 6.07) is 8.14. The molecule has 0 bridgehead atoms. The van der Waals surface area contributed by atoms with E-state index >= 15 is 0 Å². The number of aliphatic imine (C=N–C) groups is 1. The molecule has 24 heavy (non-hydrogen) atoms. The van der Waals surface area contributed by atoms with Gasteiger partial charge in [0.05, 0.1) is 15.6 Å². The first-order valence-corrected chi connectivity index (χ1v) is 7.34. The lowest BCUT2D eigenvalue weighted by atomic mass is 10.2. The minimum absolute atomic E-state index is 0.137. The Balaban J connectivity index is 2.03. The van der Waals surface area contributed by atoms with E-state index in [0.29, 0.717) is 15.7 Å². The zero-order valence-corrected chi connectivity index (χ0v) is 13.6. The third-order valence-electron chi connectivity index (χ3n) is 2.89. The van der Waals surface area contributed by atoms with E-state index in [-0.39, 0.29) is 23.5 Å². The van der Waals surface area contributed by atoms with Gasteiger partial charge in [-0.15, -0.1) is 0 Å². The predicted molar refractivity (Wildman–Crippen MR) is 92.3 cm³/mol. The maximum atomic E-state index is 11.8. The van der Waals surface area contributed by atoms with Gasteiger partial charge in [0.2, 0.25) is 5.91 Å². The molecule has 0 spiro atoms. The molecule has 2 aromatic carbocycles. The number of amides is 1. The number of phenols is 1. The number of non-ortho nitro benzene ring substituents is 1. The Morgan fingerprint density at radius 1 is 1.29 bits per heavy atom. The summed E-state index contributed by atoms with van der Waals surface area (Å²) in [6.45, 7) is -0.259. The van der Waals surface area contributed by atoms with Crippen LogP contribution in [0.2, 0.25) is 10.0 Å². The van der Waals surface area contributed by atoms with Crippen molar-refractivity contribution in [3.05, 3.63) is 62.1 Å². The molecular weight excluding hydrogens is 357 g/mol. The average Bonchev–Trinajstić information content (AvgIpc) is 2.52. The van der Waals surface area contributed by atoms with Crippen LogP contribution in [-0.4, -0.2) is 28.7 Å². The van der Waals surface area contributed by atoms with Crippen LogP contribution in [0, 0.1) is 10.1 Å². The molecule has 0 aliphatic heterocycles. The number of halogens is 2. The highest BCUT2D eigenvalue weighted by Gasteiger charge is 2.09. The SMILES string of the molecule is O=C(CN=Cc1cc([N+](=O)[O-])ccc1O)Nc1cc(Cl)ccc1Cl. The van der Waals surface area contributed by atoms with Crippen molar-refractivity contribution in [2.45, 2.75) is 0 Å². The van der Waals surface area contributed by atoms with Gasteiger partial charge in [-0.1, -0.05) is 23.2 Å². The summed E-state index contributed by atoms with van der Waals surface area (Å²) in [4.78, 5) is 25.8. The fourth-order valence-corrected chi connectivity index (χ4v) is 2.11. The Bertz CT molecular complexity index is 824. The molecule has 0 atom stereocenters. The molecule has 0 saturated carbocycles. The van der Waals surface area contributed by atoms with Crippen molar-refractivity contribution in [1.29, 1.82) is 0 Å². The van der Waals surface area contributed by atoms with Crippen molar-refractivity contribution < 1.29 is 14.8 Å². The Labute approximate surface area is 146 Å². The number of nitro groups is 1. The number of hydrogen-bond donors (Lipinski definition) is 2. The molecule has 2 rings (SSSR count). The van der Waals surface area contributed by atoms with Crippen LogP contribution in [0.15, 0.2) is 41.4 Å². The maximum Gasteiger partial charge on any atom is 0.270 e. The molecule has 0 aliphatic carbocycles. The highest BCUT2D eigenvalue weighted by atomic mass is 35.5. The second-order valence-electron chi connectivity index (χ2n) is 4.64. The number of anilines is 1. The van der Waals surface area contributed by atoms with Gasteiger partial charge in [0.15, 0.2) is 0 Å². The molecule has 2 N–H and O–H groups in total. The molecule has 0 unspecified atom stereocenters. The molecule has 1 amide bonds. The van der Waals surface area contributed by atoms with Gasteiger partial charge >= 0.3 is 0 Å². The average molecular weight is 368 g/mol. The van der Waals surface area contributed by atoms with E-state index in [1.54, 1.807) is 12.1 Å². The molecule has 0 aromatic heterocycles. The molecular formula is C15H11Cl2N3O4. The Morgan fingerprint density at radius 2 is 2.04 bits per heavy atom. The second-order valence-corrected chi connectivity index (χ2v) is 5.49. The molecule has 9 heteroatoms. The van der Waals surface area contributed by atoms with Crippen LogP contribution in [0.1, 0.15) is 5.56 Å². The largest absolute Gasteiger partial charge is 0.507 e. The van der Waals surface area contributed by atoms with Gasteiger partial charge in [-0.05, 0) is 24.3 Å². The van der Waals surface area contributed by atoms with E-state index in [2.05, 4.69) is 10.3 Å². The maximum absolute atomic E-state index is 11.8. The molecule has 0 heterocycles. The van der Waals surface area contributed by atoms with Crippen LogP contribution in [0.25, 0.3) is 0 Å². The second kappa shape index (κ2) is 7.76. The minimum Gasteiger partial charge on any atom is -0.507 e. The molecule has 0 fully saturated rings. The van der Waals surface area contributed by atoms with E-state index in [4.69, 9.17) is 23.2 Å². The summed E-state index contributed by atoms with van der Waals surface area (Å²) in [6.07, 6.45) is 1.18. The lowest BCUT2D eigenvalue weighted by Crippen LogP contribution is -2.15. The lowest BCUT2D eigenvalue weighted by Gasteiger charge is -2.06. The van der Waals surface area contributed by atoms with Gasteiger partial charge in [-0.3, -0.25) is 19.9 Å². The van der Waals surface area contributed by atoms with Crippen LogP contribution in [0.5, 0.6) is 5.75 Å². The van der Waals surface area contributed by atoms with E-state index in [1.807, 2.05) is 0 Å². The standard InChI is InChI=1S/C15H11Cl2N3O4/c16-10-1-3-12(17)13(6-10)19-15(22)8-18-7-9-5-11(20(23)24)2-4-14(9)21/h1-7,21H,8H2,(H,19,22). The predicted octanol–water partition coefficient (Wildman–Crippen LogP) is 3.66. The molecule has 2 aromatic rings. The summed E-state index contributed by atoms with van der Waals surface area (Å²) in [5.74, 6) is -0.636. The van der Waals surface area contributed by atoms with Gasteiger partial charge in [-0.25, -0.2) is 0 Å². The van der Waals surface area contributed by atoms with Gasteiger partial charge in [-0.2, -0.15) is 0 Å². The quantitative estimate of drug-likeness (QED) is 0.477. The highest BCUT2D eigenvalue weighted by Crippen LogP contribution is 2.25. The zero-order chi connectivity index (χ0) is 17.7. The number of phenolic OH excluding ortho intramolecular Hbond substituents is 1. The van der Waals surface area contributed by atoms with E-state index in [1.165, 1.54) is 24.4 Å². The molecule has 124 valence electrons. The Kier molecular flexibility index (Phi) is 5.73. The summed E-state index contributed by atoms with van der Waals surface area (Å²) in [5, 5.41) is 23.6. The lowest BCUT2D eigenvalue weighted by molar-refractivity contribution is -0.384. The normalized spacial score (nSPS) is 10.8. The minimum atomic E-state index is -0.593. The first-order valence-electron chi connectivity index (χ1n) is 6.59. The van der Waals surface area contributed by atoms with Gasteiger partial charge < -0.3 is 10.4 Å². The third-order valence-corrected chi connectivity index (χ3v) is 3.45. The van der Waals surface area contributed by atoms with Gasteiger partial charge in [0, 0.05) is 28.9 Å². The zero-order valence-electron chi connectivity index (χ0n) is 12.1.